The fourth-order valence-electron chi connectivity index (χ4n) is 4.44. The van der Waals surface area contributed by atoms with Gasteiger partial charge in [0.15, 0.2) is 11.5 Å². The number of aromatic hydroxyl groups is 1. The van der Waals surface area contributed by atoms with Crippen LogP contribution in [0.5, 0.6) is 11.5 Å². The first kappa shape index (κ1) is 26.5. The monoisotopic (exact) mass is 485 g/mol. The van der Waals surface area contributed by atoms with Crippen molar-refractivity contribution in [3.63, 3.8) is 0 Å². The van der Waals surface area contributed by atoms with Gasteiger partial charge < -0.3 is 14.9 Å². The van der Waals surface area contributed by atoms with Gasteiger partial charge in [-0.3, -0.25) is 0 Å². The van der Waals surface area contributed by atoms with Crippen LogP contribution in [0.1, 0.15) is 38.8 Å². The molecule has 0 unspecified atom stereocenters. The molecule has 0 atom stereocenters. The summed E-state index contributed by atoms with van der Waals surface area (Å²) < 4.78 is 22.1. The van der Waals surface area contributed by atoms with Gasteiger partial charge in [0.2, 0.25) is 5.60 Å². The quantitative estimate of drug-likeness (QED) is 0.413. The standard InChI is InChI=1S/C26H28O4.H2O.O.Ti/c1-24(2,19-13-7-5-8-14-19)26(23(28)29,30-22-18-12-11-17-21(22)27)25(3,4)20-15-9-6-10-16-20;;;/h5-18,27H,1-4H3,(H,28,29);1H2;;/q;;;+1/p-1. The summed E-state index contributed by atoms with van der Waals surface area (Å²) in [7, 11) is 0. The summed E-state index contributed by atoms with van der Waals surface area (Å²) in [6.45, 7) is 7.50. The number of ether oxygens (including phenoxy) is 1. The Morgan fingerprint density at radius 1 is 0.758 bits per heavy atom. The molecule has 0 radical (unpaired) electrons. The number of hydrogen-bond acceptors (Lipinski definition) is 4. The molecule has 0 fully saturated rings. The van der Waals surface area contributed by atoms with Gasteiger partial charge in [-0.25, -0.2) is 4.79 Å². The summed E-state index contributed by atoms with van der Waals surface area (Å²) in [6.07, 6.45) is 0. The number of phenols is 1. The first-order valence-electron chi connectivity index (χ1n) is 10.4. The van der Waals surface area contributed by atoms with E-state index in [0.29, 0.717) is 0 Å². The van der Waals surface area contributed by atoms with Crippen molar-refractivity contribution in [2.24, 2.45) is 0 Å². The molecule has 0 heterocycles. The van der Waals surface area contributed by atoms with Gasteiger partial charge in [0.1, 0.15) is 0 Å². The second-order valence-corrected chi connectivity index (χ2v) is 8.91. The van der Waals surface area contributed by atoms with Gasteiger partial charge in [-0.15, -0.1) is 0 Å². The summed E-state index contributed by atoms with van der Waals surface area (Å²) in [5, 5.41) is 21.2. The molecule has 0 bridgehead atoms. The Morgan fingerprint density at radius 3 is 1.48 bits per heavy atom. The second-order valence-electron chi connectivity index (χ2n) is 8.63. The van der Waals surface area contributed by atoms with Gasteiger partial charge >= 0.3 is 32.5 Å². The third kappa shape index (κ3) is 5.08. The number of carboxylic acid groups (broad SMARTS) is 1. The zero-order valence-electron chi connectivity index (χ0n) is 19.1. The summed E-state index contributed by atoms with van der Waals surface area (Å²) >= 11 is -1.75. The Labute approximate surface area is 203 Å². The van der Waals surface area contributed by atoms with Crippen LogP contribution in [-0.4, -0.2) is 25.5 Å². The summed E-state index contributed by atoms with van der Waals surface area (Å²) in [5.74, 6) is -1.07. The average Bonchev–Trinajstić information content (AvgIpc) is 2.79. The van der Waals surface area contributed by atoms with Crippen molar-refractivity contribution >= 4 is 5.97 Å². The topological polar surface area (TPSA) is 104 Å². The van der Waals surface area contributed by atoms with Crippen LogP contribution < -0.4 is 4.74 Å². The number of phenolic OH excluding ortho intramolecular Hbond substituents is 1. The molecule has 33 heavy (non-hydrogen) atoms. The molecule has 0 aliphatic rings. The zero-order chi connectivity index (χ0) is 24.7. The van der Waals surface area contributed by atoms with E-state index in [4.69, 9.17) is 11.7 Å². The molecule has 3 rings (SSSR count). The molecule has 0 amide bonds. The van der Waals surface area contributed by atoms with E-state index in [1.165, 1.54) is 6.07 Å². The molecule has 3 aromatic carbocycles. The van der Waals surface area contributed by atoms with Crippen LogP contribution in [0.2, 0.25) is 0 Å². The molecule has 3 aromatic rings. The normalized spacial score (nSPS) is 11.5. The van der Waals surface area contributed by atoms with Gasteiger partial charge in [0, 0.05) is 10.8 Å². The predicted molar refractivity (Wildman–Crippen MR) is 121 cm³/mol. The second kappa shape index (κ2) is 10.9. The fourth-order valence-corrected chi connectivity index (χ4v) is 4.44. The SMILES string of the molecule is CC(C)(c1ccccc1)C(Oc1ccccc1O)(C(=O)O)C(C)(C)c1ccccc1.[O]=[Ti][OH]. The maximum absolute atomic E-state index is 13.2. The minimum atomic E-state index is -1.75. The molecule has 0 aliphatic heterocycles. The molecule has 0 aliphatic carbocycles. The van der Waals surface area contributed by atoms with Crippen LogP contribution in [0.25, 0.3) is 0 Å². The van der Waals surface area contributed by atoms with Gasteiger partial charge in [0.05, 0.1) is 0 Å². The van der Waals surface area contributed by atoms with Crippen LogP contribution in [0.15, 0.2) is 84.9 Å². The van der Waals surface area contributed by atoms with Gasteiger partial charge in [0.25, 0.3) is 0 Å². The summed E-state index contributed by atoms with van der Waals surface area (Å²) in [5.41, 5.74) is -2.04. The Balaban J connectivity index is 0.00000122. The van der Waals surface area contributed by atoms with Crippen LogP contribution in [0.4, 0.5) is 0 Å². The molecular weight excluding hydrogens is 456 g/mol. The van der Waals surface area contributed by atoms with Crippen molar-refractivity contribution in [2.75, 3.05) is 0 Å². The van der Waals surface area contributed by atoms with E-state index in [9.17, 15) is 15.0 Å². The number of carboxylic acids is 1. The van der Waals surface area contributed by atoms with Gasteiger partial charge in [-0.2, -0.15) is 0 Å². The van der Waals surface area contributed by atoms with E-state index < -0.39 is 41.9 Å². The van der Waals surface area contributed by atoms with Gasteiger partial charge in [-0.1, -0.05) is 100 Å². The summed E-state index contributed by atoms with van der Waals surface area (Å²) in [4.78, 5) is 13.2. The number of para-hydroxylation sites is 2. The third-order valence-electron chi connectivity index (χ3n) is 6.18. The first-order chi connectivity index (χ1) is 15.6. The van der Waals surface area contributed by atoms with Crippen molar-refractivity contribution < 1.29 is 46.3 Å². The number of hydrogen-bond donors (Lipinski definition) is 3. The zero-order valence-corrected chi connectivity index (χ0v) is 20.7. The van der Waals surface area contributed by atoms with E-state index in [1.54, 1.807) is 18.2 Å². The van der Waals surface area contributed by atoms with E-state index in [0.717, 1.165) is 11.1 Å². The molecule has 3 N–H and O–H groups in total. The van der Waals surface area contributed by atoms with Crippen LogP contribution >= 0.6 is 0 Å². The van der Waals surface area contributed by atoms with Crippen LogP contribution in [0, 0.1) is 0 Å². The Hall–Kier alpha value is -2.80. The molecule has 0 saturated carbocycles. The number of benzene rings is 3. The molecule has 0 saturated heterocycles. The molecule has 6 nitrogen and oxygen atoms in total. The van der Waals surface area contributed by atoms with Crippen molar-refractivity contribution in [3.05, 3.63) is 96.1 Å². The van der Waals surface area contributed by atoms with E-state index in [2.05, 4.69) is 0 Å². The van der Waals surface area contributed by atoms with Crippen LogP contribution in [0.3, 0.4) is 0 Å². The number of carbonyl (C=O) groups is 1. The van der Waals surface area contributed by atoms with Crippen molar-refractivity contribution in [2.45, 2.75) is 44.1 Å². The van der Waals surface area contributed by atoms with Crippen LogP contribution in [-0.2, 0) is 38.5 Å². The number of rotatable bonds is 7. The van der Waals surface area contributed by atoms with E-state index in [-0.39, 0.29) is 11.5 Å². The van der Waals surface area contributed by atoms with Crippen molar-refractivity contribution in [1.82, 2.24) is 0 Å². The Morgan fingerprint density at radius 2 is 1.12 bits per heavy atom. The molecule has 0 spiro atoms. The van der Waals surface area contributed by atoms with E-state index >= 15 is 0 Å². The molecule has 7 heteroatoms. The van der Waals surface area contributed by atoms with Crippen molar-refractivity contribution in [3.8, 4) is 11.5 Å². The average molecular weight is 485 g/mol. The van der Waals surface area contributed by atoms with Crippen molar-refractivity contribution in [1.29, 1.82) is 0 Å². The Bertz CT molecular complexity index is 1010. The predicted octanol–water partition coefficient (Wildman–Crippen LogP) is 4.87. The molecule has 0 aromatic heterocycles. The fraction of sp³-hybridized carbons (Fsp3) is 0.269. The Kier molecular flexibility index (Phi) is 8.72. The minimum absolute atomic E-state index is 0.101. The number of aliphatic carboxylic acids is 1. The molecular formula is C26H29O6Ti. The van der Waals surface area contributed by atoms with Gasteiger partial charge in [-0.05, 0) is 23.3 Å². The third-order valence-corrected chi connectivity index (χ3v) is 6.18. The van der Waals surface area contributed by atoms with E-state index in [1.807, 2.05) is 88.4 Å². The summed E-state index contributed by atoms with van der Waals surface area (Å²) in [6, 6.07) is 25.5. The maximum atomic E-state index is 13.2. The first-order valence-corrected chi connectivity index (χ1v) is 11.7. The molecule has 173 valence electrons.